The molecular weight excluding hydrogens is 378 g/mol. The lowest BCUT2D eigenvalue weighted by atomic mass is 10.0. The highest BCUT2D eigenvalue weighted by atomic mass is 35.5. The van der Waals surface area contributed by atoms with Crippen molar-refractivity contribution >= 4 is 23.4 Å². The van der Waals surface area contributed by atoms with Gasteiger partial charge in [0, 0.05) is 12.6 Å². The summed E-state index contributed by atoms with van der Waals surface area (Å²) in [5.41, 5.74) is 7.01. The van der Waals surface area contributed by atoms with E-state index in [0.29, 0.717) is 12.2 Å². The van der Waals surface area contributed by atoms with E-state index < -0.39 is 11.8 Å². The molecule has 2 aromatic carbocycles. The van der Waals surface area contributed by atoms with Crippen molar-refractivity contribution in [3.05, 3.63) is 94.8 Å². The van der Waals surface area contributed by atoms with Gasteiger partial charge in [0.1, 0.15) is 10.9 Å². The van der Waals surface area contributed by atoms with Gasteiger partial charge in [-0.15, -0.1) is 0 Å². The van der Waals surface area contributed by atoms with Gasteiger partial charge in [-0.2, -0.15) is 0 Å². The van der Waals surface area contributed by atoms with E-state index in [4.69, 9.17) is 16.3 Å². The van der Waals surface area contributed by atoms with E-state index in [2.05, 4.69) is 15.8 Å². The molecule has 0 aliphatic carbocycles. The maximum atomic E-state index is 12.0. The molecule has 0 saturated carbocycles. The number of halogens is 1. The van der Waals surface area contributed by atoms with Gasteiger partial charge in [0.05, 0.1) is 5.56 Å². The fourth-order valence-corrected chi connectivity index (χ4v) is 2.61. The van der Waals surface area contributed by atoms with Crippen LogP contribution in [0.5, 0.6) is 5.75 Å². The van der Waals surface area contributed by atoms with Crippen LogP contribution in [0.4, 0.5) is 0 Å². The molecule has 2 amide bonds. The van der Waals surface area contributed by atoms with Gasteiger partial charge in [-0.3, -0.25) is 20.4 Å². The number of nitrogens with zero attached hydrogens (tertiary/aromatic N) is 1. The highest BCUT2D eigenvalue weighted by molar-refractivity contribution is 6.29. The molecule has 0 saturated heterocycles. The lowest BCUT2D eigenvalue weighted by molar-refractivity contribution is -0.123. The van der Waals surface area contributed by atoms with Crippen LogP contribution in [0.15, 0.2) is 72.9 Å². The van der Waals surface area contributed by atoms with Crippen LogP contribution in [0.1, 0.15) is 21.5 Å². The first-order chi connectivity index (χ1) is 13.6. The van der Waals surface area contributed by atoms with Crippen molar-refractivity contribution in [2.24, 2.45) is 0 Å². The topological polar surface area (TPSA) is 80.3 Å². The van der Waals surface area contributed by atoms with Crippen LogP contribution in [0, 0.1) is 0 Å². The summed E-state index contributed by atoms with van der Waals surface area (Å²) in [7, 11) is 0. The number of nitrogens with one attached hydrogen (secondary N) is 2. The number of para-hydroxylation sites is 1. The summed E-state index contributed by atoms with van der Waals surface area (Å²) in [4.78, 5) is 27.7. The minimum atomic E-state index is -0.498. The Morgan fingerprint density at radius 2 is 1.68 bits per heavy atom. The van der Waals surface area contributed by atoms with E-state index in [1.165, 1.54) is 18.3 Å². The van der Waals surface area contributed by atoms with Crippen molar-refractivity contribution in [1.29, 1.82) is 0 Å². The highest BCUT2D eigenvalue weighted by Gasteiger charge is 2.10. The van der Waals surface area contributed by atoms with Gasteiger partial charge in [-0.25, -0.2) is 4.98 Å². The quantitative estimate of drug-likeness (QED) is 0.496. The molecule has 28 heavy (non-hydrogen) atoms. The van der Waals surface area contributed by atoms with Crippen molar-refractivity contribution in [3.8, 4) is 5.75 Å². The molecule has 0 fully saturated rings. The van der Waals surface area contributed by atoms with E-state index >= 15 is 0 Å². The summed E-state index contributed by atoms with van der Waals surface area (Å²) in [6.45, 7) is -0.231. The zero-order chi connectivity index (χ0) is 19.8. The van der Waals surface area contributed by atoms with E-state index in [-0.39, 0.29) is 17.3 Å². The number of benzene rings is 2. The number of ether oxygens (including phenoxy) is 1. The molecule has 0 aliphatic heterocycles. The summed E-state index contributed by atoms with van der Waals surface area (Å²) in [5, 5.41) is 0.281. The van der Waals surface area contributed by atoms with E-state index in [1.54, 1.807) is 0 Å². The Labute approximate surface area is 167 Å². The number of amides is 2. The van der Waals surface area contributed by atoms with Crippen LogP contribution in [-0.4, -0.2) is 23.4 Å². The van der Waals surface area contributed by atoms with E-state index in [9.17, 15) is 9.59 Å². The molecule has 0 atom stereocenters. The highest BCUT2D eigenvalue weighted by Crippen LogP contribution is 2.21. The van der Waals surface area contributed by atoms with E-state index in [0.717, 1.165) is 11.1 Å². The first-order valence-electron chi connectivity index (χ1n) is 8.57. The van der Waals surface area contributed by atoms with Gasteiger partial charge >= 0.3 is 0 Å². The lowest BCUT2D eigenvalue weighted by Gasteiger charge is -2.12. The molecule has 1 aromatic heterocycles. The molecule has 0 radical (unpaired) electrons. The molecule has 7 heteroatoms. The van der Waals surface area contributed by atoms with Gasteiger partial charge in [0.15, 0.2) is 6.61 Å². The maximum absolute atomic E-state index is 12.0. The lowest BCUT2D eigenvalue weighted by Crippen LogP contribution is -2.43. The van der Waals surface area contributed by atoms with Crippen LogP contribution < -0.4 is 15.6 Å². The van der Waals surface area contributed by atoms with Crippen LogP contribution in [0.2, 0.25) is 5.15 Å². The first kappa shape index (κ1) is 19.4. The first-order valence-corrected chi connectivity index (χ1v) is 8.95. The molecule has 0 bridgehead atoms. The molecule has 0 spiro atoms. The number of rotatable bonds is 6. The number of pyridine rings is 1. The third-order valence-corrected chi connectivity index (χ3v) is 4.10. The van der Waals surface area contributed by atoms with Crippen molar-refractivity contribution < 1.29 is 14.3 Å². The monoisotopic (exact) mass is 395 g/mol. The second kappa shape index (κ2) is 9.53. The molecular formula is C21H18ClN3O3. The SMILES string of the molecule is O=C(COc1ccccc1Cc1ccccc1)NNC(=O)c1ccc(Cl)nc1. The van der Waals surface area contributed by atoms with Crippen LogP contribution in [-0.2, 0) is 11.2 Å². The molecule has 142 valence electrons. The summed E-state index contributed by atoms with van der Waals surface area (Å²) in [6.07, 6.45) is 2.01. The molecule has 3 aromatic rings. The fourth-order valence-electron chi connectivity index (χ4n) is 2.49. The van der Waals surface area contributed by atoms with Gasteiger partial charge < -0.3 is 4.74 Å². The Morgan fingerprint density at radius 1 is 0.929 bits per heavy atom. The minimum Gasteiger partial charge on any atom is -0.483 e. The van der Waals surface area contributed by atoms with Gasteiger partial charge in [0.2, 0.25) is 0 Å². The molecule has 0 aliphatic rings. The molecule has 1 heterocycles. The number of carbonyl (C=O) groups excluding carboxylic acids is 2. The van der Waals surface area contributed by atoms with Crippen molar-refractivity contribution in [3.63, 3.8) is 0 Å². The Bertz CT molecular complexity index is 947. The summed E-state index contributed by atoms with van der Waals surface area (Å²) >= 11 is 5.68. The average molecular weight is 396 g/mol. The van der Waals surface area contributed by atoms with Crippen LogP contribution in [0.3, 0.4) is 0 Å². The molecule has 0 unspecified atom stereocenters. The second-order valence-electron chi connectivity index (χ2n) is 5.93. The summed E-state index contributed by atoms with van der Waals surface area (Å²) in [5.74, 6) is -0.360. The van der Waals surface area contributed by atoms with Crippen molar-refractivity contribution in [2.45, 2.75) is 6.42 Å². The Kier molecular flexibility index (Phi) is 6.59. The van der Waals surface area contributed by atoms with Crippen LogP contribution in [0.25, 0.3) is 0 Å². The molecule has 3 rings (SSSR count). The third kappa shape index (κ3) is 5.56. The standard InChI is InChI=1S/C21H18ClN3O3/c22-19-11-10-17(13-23-19)21(27)25-24-20(26)14-28-18-9-5-4-8-16(18)12-15-6-2-1-3-7-15/h1-11,13H,12,14H2,(H,24,26)(H,25,27). The number of hydrogen-bond acceptors (Lipinski definition) is 4. The van der Waals surface area contributed by atoms with Gasteiger partial charge in [-0.1, -0.05) is 60.1 Å². The average Bonchev–Trinajstić information content (AvgIpc) is 2.72. The Hall–Kier alpha value is -3.38. The molecule has 2 N–H and O–H groups in total. The Balaban J connectivity index is 1.52. The number of hydrogen-bond donors (Lipinski definition) is 2. The van der Waals surface area contributed by atoms with Crippen LogP contribution >= 0.6 is 11.6 Å². The van der Waals surface area contributed by atoms with E-state index in [1.807, 2.05) is 54.6 Å². The maximum Gasteiger partial charge on any atom is 0.276 e. The smallest absolute Gasteiger partial charge is 0.276 e. The number of carbonyl (C=O) groups is 2. The predicted molar refractivity (Wildman–Crippen MR) is 106 cm³/mol. The number of aromatic nitrogens is 1. The zero-order valence-electron chi connectivity index (χ0n) is 14.9. The minimum absolute atomic E-state index is 0.231. The largest absolute Gasteiger partial charge is 0.483 e. The second-order valence-corrected chi connectivity index (χ2v) is 6.32. The molecule has 6 nitrogen and oxygen atoms in total. The van der Waals surface area contributed by atoms with Gasteiger partial charge in [0.25, 0.3) is 11.8 Å². The summed E-state index contributed by atoms with van der Waals surface area (Å²) < 4.78 is 5.63. The van der Waals surface area contributed by atoms with Crippen molar-refractivity contribution in [2.75, 3.05) is 6.61 Å². The van der Waals surface area contributed by atoms with Crippen molar-refractivity contribution in [1.82, 2.24) is 15.8 Å². The normalized spacial score (nSPS) is 10.2. The predicted octanol–water partition coefficient (Wildman–Crippen LogP) is 3.17. The summed E-state index contributed by atoms with van der Waals surface area (Å²) in [6, 6.07) is 20.5. The third-order valence-electron chi connectivity index (χ3n) is 3.87. The zero-order valence-corrected chi connectivity index (χ0v) is 15.6. The fraction of sp³-hybridized carbons (Fsp3) is 0.0952. The Morgan fingerprint density at radius 3 is 2.43 bits per heavy atom. The number of hydrazine groups is 1. The van der Waals surface area contributed by atoms with Gasteiger partial charge in [-0.05, 0) is 29.3 Å².